The van der Waals surface area contributed by atoms with Gasteiger partial charge in [0, 0.05) is 98.5 Å². The Morgan fingerprint density at radius 3 is 0.990 bits per heavy atom. The average Bonchev–Trinajstić information content (AvgIpc) is 1.50. The topological polar surface area (TPSA) is 41.6 Å². The zero-order valence-corrected chi connectivity index (χ0v) is 51.8. The number of fused-ring (bicyclic) bond motifs is 18. The molecule has 0 fully saturated rings. The highest BCUT2D eigenvalue weighted by Crippen LogP contribution is 2.56. The number of nitrogens with zero attached hydrogens (tertiary/aromatic N) is 4. The molecule has 6 heterocycles. The van der Waals surface area contributed by atoms with E-state index in [1.54, 1.807) is 0 Å². The van der Waals surface area contributed by atoms with Crippen molar-refractivity contribution in [3.05, 3.63) is 328 Å². The minimum Gasteiger partial charge on any atom is -0.454 e. The van der Waals surface area contributed by atoms with Gasteiger partial charge in [0.2, 0.25) is 0 Å². The number of benzene rings is 15. The zero-order chi connectivity index (χ0) is 62.7. The van der Waals surface area contributed by atoms with Gasteiger partial charge in [-0.15, -0.1) is 0 Å². The summed E-state index contributed by atoms with van der Waals surface area (Å²) in [7, 11) is 0. The molecular weight excluding hydrogens is 1170 g/mol. The van der Waals surface area contributed by atoms with Gasteiger partial charge in [0.25, 0.3) is 0 Å². The summed E-state index contributed by atoms with van der Waals surface area (Å²) in [5.74, 6) is 0. The molecule has 96 heavy (non-hydrogen) atoms. The molecule has 0 unspecified atom stereocenters. The molecule has 0 radical (unpaired) electrons. The summed E-state index contributed by atoms with van der Waals surface area (Å²) in [4.78, 5) is 4.78. The highest BCUT2D eigenvalue weighted by Gasteiger charge is 2.32. The molecule has 0 saturated heterocycles. The van der Waals surface area contributed by atoms with Crippen molar-refractivity contribution < 1.29 is 8.83 Å². The number of furan rings is 2. The van der Waals surface area contributed by atoms with Crippen LogP contribution in [0.5, 0.6) is 0 Å². The van der Waals surface area contributed by atoms with Crippen molar-refractivity contribution in [3.8, 4) is 44.5 Å². The van der Waals surface area contributed by atoms with Crippen LogP contribution in [0, 0.1) is 0 Å². The molecule has 0 aliphatic rings. The summed E-state index contributed by atoms with van der Waals surface area (Å²) in [6.07, 6.45) is 0. The van der Waals surface area contributed by atoms with Crippen LogP contribution < -0.4 is 9.80 Å². The molecule has 0 spiro atoms. The molecule has 21 rings (SSSR count). The minimum atomic E-state index is 0.843. The van der Waals surface area contributed by atoms with Crippen LogP contribution in [-0.2, 0) is 0 Å². The largest absolute Gasteiger partial charge is 0.454 e. The lowest BCUT2D eigenvalue weighted by Gasteiger charge is -2.26. The van der Waals surface area contributed by atoms with E-state index in [2.05, 4.69) is 346 Å². The lowest BCUT2D eigenvalue weighted by Crippen LogP contribution is -2.10. The van der Waals surface area contributed by atoms with Gasteiger partial charge in [-0.25, -0.2) is 0 Å². The molecule has 0 aliphatic heterocycles. The molecule has 446 valence electrons. The second-order valence-electron chi connectivity index (χ2n) is 25.4. The maximum absolute atomic E-state index is 6.88. The molecule has 6 nitrogen and oxygen atoms in total. The van der Waals surface area contributed by atoms with Gasteiger partial charge in [-0.3, -0.25) is 0 Å². The zero-order valence-electron chi connectivity index (χ0n) is 51.8. The number of aromatic nitrogens is 2. The van der Waals surface area contributed by atoms with Crippen LogP contribution >= 0.6 is 0 Å². The molecule has 0 saturated carbocycles. The summed E-state index contributed by atoms with van der Waals surface area (Å²) >= 11 is 0. The van der Waals surface area contributed by atoms with Gasteiger partial charge in [-0.2, -0.15) is 0 Å². The first-order valence-corrected chi connectivity index (χ1v) is 32.9. The summed E-state index contributed by atoms with van der Waals surface area (Å²) in [6, 6.07) is 119. The smallest absolute Gasteiger partial charge is 0.159 e. The van der Waals surface area contributed by atoms with Gasteiger partial charge in [0.05, 0.1) is 44.5 Å². The Kier molecular flexibility index (Phi) is 11.1. The maximum Gasteiger partial charge on any atom is 0.159 e. The molecule has 6 aromatic heterocycles. The van der Waals surface area contributed by atoms with Gasteiger partial charge >= 0.3 is 0 Å². The van der Waals surface area contributed by atoms with Gasteiger partial charge in [-0.05, 0) is 118 Å². The van der Waals surface area contributed by atoms with Crippen molar-refractivity contribution in [2.24, 2.45) is 0 Å². The van der Waals surface area contributed by atoms with Gasteiger partial charge in [0.15, 0.2) is 11.2 Å². The Labute approximate surface area is 550 Å². The fourth-order valence-electron chi connectivity index (χ4n) is 16.3. The van der Waals surface area contributed by atoms with E-state index in [9.17, 15) is 0 Å². The summed E-state index contributed by atoms with van der Waals surface area (Å²) in [5.41, 5.74) is 25.9. The molecule has 21 aromatic rings. The van der Waals surface area contributed by atoms with E-state index in [0.717, 1.165) is 122 Å². The van der Waals surface area contributed by atoms with Crippen LogP contribution in [0.1, 0.15) is 0 Å². The van der Waals surface area contributed by atoms with E-state index < -0.39 is 0 Å². The quantitative estimate of drug-likeness (QED) is 0.137. The monoisotopic (exact) mass is 1220 g/mol. The fourth-order valence-corrected chi connectivity index (χ4v) is 16.3. The number of anilines is 6. The molecule has 0 amide bonds. The van der Waals surface area contributed by atoms with Gasteiger partial charge in [-0.1, -0.05) is 243 Å². The van der Waals surface area contributed by atoms with Crippen molar-refractivity contribution in [1.82, 2.24) is 8.80 Å². The second kappa shape index (κ2) is 20.3. The Bertz CT molecular complexity index is 6290. The SMILES string of the molecule is c1ccc(-c2cccc(N(c3ccc4c(c3)c3cccc5c6c(-c7ccccc7)c7c(c(-c8ccccc8)c6n4c35)c3cccc4c5cc(N(c6cccc(-c8ccccc8)c6)c6cccc8c6oc6ccccc68)ccc5n7c43)c3cccc4c3oc3ccccc34)c2)cc1. The third-order valence-corrected chi connectivity index (χ3v) is 20.3. The standard InChI is InChI=1S/C90H54N4O2/c1-5-23-55(24-6-1)59-31-17-33-61(51-59)91(77-43-21-39-69-65-35-13-15-45-79(65)95-89(69)77)63-47-49-75-73(53-63)67-37-19-41-71-83-82(58-29-11-4-12-30-58)88-84(81(57-27-9-3-10-28-57)87(83)93(75)85(67)71)72-42-20-38-68-74-54-64(48-50-76(74)94(88)86(68)72)92(62-34-18-32-60(52-62)56-25-7-2-8-26-56)78-44-22-40-70-66-36-14-16-46-80(66)96-90(70)78/h1-54H. The van der Waals surface area contributed by atoms with Crippen LogP contribution in [0.2, 0.25) is 0 Å². The highest BCUT2D eigenvalue weighted by atomic mass is 16.3. The van der Waals surface area contributed by atoms with Crippen LogP contribution in [-0.4, -0.2) is 8.80 Å². The molecule has 0 aliphatic carbocycles. The molecule has 0 atom stereocenters. The Morgan fingerprint density at radius 2 is 0.552 bits per heavy atom. The van der Waals surface area contributed by atoms with Crippen molar-refractivity contribution in [2.45, 2.75) is 0 Å². The van der Waals surface area contributed by atoms with Crippen molar-refractivity contribution >= 4 is 154 Å². The first kappa shape index (κ1) is 52.7. The number of para-hydroxylation sites is 6. The predicted octanol–water partition coefficient (Wildman–Crippen LogP) is 25.4. The van der Waals surface area contributed by atoms with Gasteiger partial charge in [0.1, 0.15) is 11.2 Å². The van der Waals surface area contributed by atoms with E-state index in [-0.39, 0.29) is 0 Å². The molecule has 15 aromatic carbocycles. The Balaban J connectivity index is 0.839. The molecule has 0 N–H and O–H groups in total. The number of rotatable bonds is 10. The summed E-state index contributed by atoms with van der Waals surface area (Å²) < 4.78 is 19.0. The van der Waals surface area contributed by atoms with Crippen LogP contribution in [0.25, 0.3) is 165 Å². The van der Waals surface area contributed by atoms with Crippen molar-refractivity contribution in [3.63, 3.8) is 0 Å². The van der Waals surface area contributed by atoms with Crippen LogP contribution in [0.3, 0.4) is 0 Å². The van der Waals surface area contributed by atoms with Gasteiger partial charge < -0.3 is 27.4 Å². The van der Waals surface area contributed by atoms with E-state index in [1.807, 2.05) is 0 Å². The first-order valence-electron chi connectivity index (χ1n) is 32.9. The van der Waals surface area contributed by atoms with E-state index in [4.69, 9.17) is 8.83 Å². The normalized spacial score (nSPS) is 12.2. The van der Waals surface area contributed by atoms with Crippen molar-refractivity contribution in [1.29, 1.82) is 0 Å². The summed E-state index contributed by atoms with van der Waals surface area (Å²) in [6.45, 7) is 0. The lowest BCUT2D eigenvalue weighted by atomic mass is 9.89. The van der Waals surface area contributed by atoms with E-state index >= 15 is 0 Å². The molecular formula is C90H54N4O2. The number of hydrogen-bond donors (Lipinski definition) is 0. The second-order valence-corrected chi connectivity index (χ2v) is 25.4. The van der Waals surface area contributed by atoms with Crippen LogP contribution in [0.4, 0.5) is 34.1 Å². The third kappa shape index (κ3) is 7.52. The lowest BCUT2D eigenvalue weighted by molar-refractivity contribution is 0.668. The van der Waals surface area contributed by atoms with Crippen molar-refractivity contribution in [2.75, 3.05) is 9.80 Å². The molecule has 0 bridgehead atoms. The Morgan fingerprint density at radius 1 is 0.219 bits per heavy atom. The Hall–Kier alpha value is -12.9. The first-order chi connectivity index (χ1) is 47.7. The highest BCUT2D eigenvalue weighted by molar-refractivity contribution is 6.38. The van der Waals surface area contributed by atoms with Crippen LogP contribution in [0.15, 0.2) is 336 Å². The third-order valence-electron chi connectivity index (χ3n) is 20.3. The maximum atomic E-state index is 6.88. The molecule has 6 heteroatoms. The predicted molar refractivity (Wildman–Crippen MR) is 401 cm³/mol. The average molecular weight is 1220 g/mol. The van der Waals surface area contributed by atoms with E-state index in [1.165, 1.54) is 76.3 Å². The van der Waals surface area contributed by atoms with E-state index in [0.29, 0.717) is 0 Å². The minimum absolute atomic E-state index is 0.843. The number of hydrogen-bond acceptors (Lipinski definition) is 4. The summed E-state index contributed by atoms with van der Waals surface area (Å²) in [5, 5.41) is 13.9. The fraction of sp³-hybridized carbons (Fsp3) is 0.